The smallest absolute Gasteiger partial charge is 0.241 e. The van der Waals surface area contributed by atoms with Crippen LogP contribution in [0.15, 0.2) is 47.4 Å². The molecule has 0 bridgehead atoms. The SMILES string of the molecule is Cc1ccc(S(=O)(=O)NC(CO)c2ccc(Cl)cc2)cc1F. The molecule has 2 aromatic carbocycles. The van der Waals surface area contributed by atoms with Gasteiger partial charge in [-0.1, -0.05) is 29.8 Å². The minimum Gasteiger partial charge on any atom is -0.394 e. The Bertz CT molecular complexity index is 763. The Labute approximate surface area is 133 Å². The van der Waals surface area contributed by atoms with Crippen LogP contribution >= 0.6 is 11.6 Å². The molecule has 0 saturated carbocycles. The Hall–Kier alpha value is -1.47. The number of rotatable bonds is 5. The first kappa shape index (κ1) is 16.9. The molecule has 7 heteroatoms. The van der Waals surface area contributed by atoms with Gasteiger partial charge in [-0.2, -0.15) is 0 Å². The van der Waals surface area contributed by atoms with Gasteiger partial charge in [0.2, 0.25) is 10.0 Å². The van der Waals surface area contributed by atoms with Crippen molar-refractivity contribution in [3.8, 4) is 0 Å². The molecule has 0 saturated heterocycles. The molecule has 0 aromatic heterocycles. The van der Waals surface area contributed by atoms with Crippen LogP contribution in [-0.4, -0.2) is 20.1 Å². The van der Waals surface area contributed by atoms with Gasteiger partial charge in [-0.15, -0.1) is 0 Å². The summed E-state index contributed by atoms with van der Waals surface area (Å²) in [4.78, 5) is -0.192. The molecule has 0 radical (unpaired) electrons. The number of nitrogens with one attached hydrogen (secondary N) is 1. The number of hydrogen-bond donors (Lipinski definition) is 2. The highest BCUT2D eigenvalue weighted by molar-refractivity contribution is 7.89. The molecule has 4 nitrogen and oxygen atoms in total. The van der Waals surface area contributed by atoms with Gasteiger partial charge in [0.1, 0.15) is 5.82 Å². The highest BCUT2D eigenvalue weighted by Gasteiger charge is 2.21. The normalized spacial score (nSPS) is 13.1. The second-order valence-electron chi connectivity index (χ2n) is 4.82. The summed E-state index contributed by atoms with van der Waals surface area (Å²) >= 11 is 5.78. The predicted molar refractivity (Wildman–Crippen MR) is 82.7 cm³/mol. The zero-order chi connectivity index (χ0) is 16.3. The van der Waals surface area contributed by atoms with Crippen LogP contribution in [0.1, 0.15) is 17.2 Å². The Kier molecular flexibility index (Phi) is 5.18. The van der Waals surface area contributed by atoms with Crippen molar-refractivity contribution in [2.75, 3.05) is 6.61 Å². The van der Waals surface area contributed by atoms with Gasteiger partial charge in [-0.05, 0) is 42.3 Å². The molecule has 0 aliphatic carbocycles. The van der Waals surface area contributed by atoms with E-state index in [1.54, 1.807) is 31.2 Å². The molecule has 0 amide bonds. The molecule has 2 aromatic rings. The van der Waals surface area contributed by atoms with Crippen molar-refractivity contribution in [1.82, 2.24) is 4.72 Å². The standard InChI is InChI=1S/C15H15ClFNO3S/c1-10-2-7-13(8-14(10)17)22(20,21)18-15(9-19)11-3-5-12(16)6-4-11/h2-8,15,18-19H,9H2,1H3. The van der Waals surface area contributed by atoms with Crippen LogP contribution in [0.25, 0.3) is 0 Å². The highest BCUT2D eigenvalue weighted by Crippen LogP contribution is 2.20. The van der Waals surface area contributed by atoms with Gasteiger partial charge in [0.25, 0.3) is 0 Å². The van der Waals surface area contributed by atoms with Crippen LogP contribution in [-0.2, 0) is 10.0 Å². The molecule has 1 atom stereocenters. The fourth-order valence-corrected chi connectivity index (χ4v) is 3.25. The number of aliphatic hydroxyl groups is 1. The lowest BCUT2D eigenvalue weighted by molar-refractivity contribution is 0.259. The number of hydrogen-bond acceptors (Lipinski definition) is 3. The van der Waals surface area contributed by atoms with Crippen molar-refractivity contribution >= 4 is 21.6 Å². The lowest BCUT2D eigenvalue weighted by Gasteiger charge is -2.17. The van der Waals surface area contributed by atoms with Gasteiger partial charge < -0.3 is 5.11 Å². The van der Waals surface area contributed by atoms with Crippen molar-refractivity contribution in [2.45, 2.75) is 17.9 Å². The number of aliphatic hydroxyl groups excluding tert-OH is 1. The van der Waals surface area contributed by atoms with Gasteiger partial charge in [0.15, 0.2) is 0 Å². The third-order valence-corrected chi connectivity index (χ3v) is 4.93. The van der Waals surface area contributed by atoms with Crippen molar-refractivity contribution in [3.05, 3.63) is 64.4 Å². The van der Waals surface area contributed by atoms with Crippen molar-refractivity contribution in [3.63, 3.8) is 0 Å². The Morgan fingerprint density at radius 3 is 2.41 bits per heavy atom. The zero-order valence-electron chi connectivity index (χ0n) is 11.8. The Morgan fingerprint density at radius 1 is 1.23 bits per heavy atom. The maximum Gasteiger partial charge on any atom is 0.241 e. The van der Waals surface area contributed by atoms with Crippen LogP contribution in [0, 0.1) is 12.7 Å². The second-order valence-corrected chi connectivity index (χ2v) is 6.97. The Morgan fingerprint density at radius 2 is 1.86 bits per heavy atom. The molecule has 0 aliphatic rings. The first-order valence-corrected chi connectivity index (χ1v) is 8.34. The number of halogens is 2. The van der Waals surface area contributed by atoms with Crippen LogP contribution in [0.5, 0.6) is 0 Å². The minimum atomic E-state index is -3.95. The summed E-state index contributed by atoms with van der Waals surface area (Å²) < 4.78 is 40.5. The maximum absolute atomic E-state index is 13.5. The molecule has 0 heterocycles. The molecule has 22 heavy (non-hydrogen) atoms. The topological polar surface area (TPSA) is 66.4 Å². The molecule has 118 valence electrons. The molecule has 0 fully saturated rings. The molecule has 2 rings (SSSR count). The third kappa shape index (κ3) is 3.84. The molecular formula is C15H15ClFNO3S. The van der Waals surface area contributed by atoms with Crippen molar-refractivity contribution in [1.29, 1.82) is 0 Å². The summed E-state index contributed by atoms with van der Waals surface area (Å²) in [6.45, 7) is 1.11. The van der Waals surface area contributed by atoms with E-state index in [0.29, 0.717) is 16.1 Å². The van der Waals surface area contributed by atoms with E-state index >= 15 is 0 Å². The monoisotopic (exact) mass is 343 g/mol. The van der Waals surface area contributed by atoms with Gasteiger partial charge in [-0.25, -0.2) is 17.5 Å². The highest BCUT2D eigenvalue weighted by atomic mass is 35.5. The summed E-state index contributed by atoms with van der Waals surface area (Å²) in [6, 6.07) is 9.24. The summed E-state index contributed by atoms with van der Waals surface area (Å²) in [5.74, 6) is -0.602. The second kappa shape index (κ2) is 6.75. The molecule has 0 aliphatic heterocycles. The summed E-state index contributed by atoms with van der Waals surface area (Å²) in [5.41, 5.74) is 0.915. The van der Waals surface area contributed by atoms with E-state index in [0.717, 1.165) is 6.07 Å². The average molecular weight is 344 g/mol. The molecular weight excluding hydrogens is 329 g/mol. The fourth-order valence-electron chi connectivity index (χ4n) is 1.90. The molecule has 2 N–H and O–H groups in total. The fraction of sp³-hybridized carbons (Fsp3) is 0.200. The van der Waals surface area contributed by atoms with Crippen molar-refractivity contribution < 1.29 is 17.9 Å². The van der Waals surface area contributed by atoms with Gasteiger partial charge in [-0.3, -0.25) is 0 Å². The van der Waals surface area contributed by atoms with Crippen LogP contribution < -0.4 is 4.72 Å². The molecule has 1 unspecified atom stereocenters. The van der Waals surface area contributed by atoms with E-state index in [4.69, 9.17) is 11.6 Å². The Balaban J connectivity index is 2.29. The van der Waals surface area contributed by atoms with E-state index < -0.39 is 28.5 Å². The number of sulfonamides is 1. The summed E-state index contributed by atoms with van der Waals surface area (Å²) in [7, 11) is -3.95. The van der Waals surface area contributed by atoms with E-state index in [1.807, 2.05) is 0 Å². The van der Waals surface area contributed by atoms with Gasteiger partial charge in [0.05, 0.1) is 17.5 Å². The van der Waals surface area contributed by atoms with Gasteiger partial charge >= 0.3 is 0 Å². The lowest BCUT2D eigenvalue weighted by Crippen LogP contribution is -2.31. The van der Waals surface area contributed by atoms with Gasteiger partial charge in [0, 0.05) is 5.02 Å². The third-order valence-electron chi connectivity index (χ3n) is 3.21. The van der Waals surface area contributed by atoms with Crippen LogP contribution in [0.2, 0.25) is 5.02 Å². The van der Waals surface area contributed by atoms with Crippen LogP contribution in [0.3, 0.4) is 0 Å². The maximum atomic E-state index is 13.5. The first-order chi connectivity index (χ1) is 10.3. The van der Waals surface area contributed by atoms with Crippen molar-refractivity contribution in [2.24, 2.45) is 0 Å². The predicted octanol–water partition coefficient (Wildman–Crippen LogP) is 2.80. The average Bonchev–Trinajstić information content (AvgIpc) is 2.48. The lowest BCUT2D eigenvalue weighted by atomic mass is 10.1. The first-order valence-electron chi connectivity index (χ1n) is 6.48. The summed E-state index contributed by atoms with van der Waals surface area (Å²) in [6.07, 6.45) is 0. The number of aryl methyl sites for hydroxylation is 1. The van der Waals surface area contributed by atoms with E-state index in [2.05, 4.69) is 4.72 Å². The molecule has 0 spiro atoms. The van der Waals surface area contributed by atoms with E-state index in [9.17, 15) is 17.9 Å². The largest absolute Gasteiger partial charge is 0.394 e. The zero-order valence-corrected chi connectivity index (χ0v) is 13.3. The minimum absolute atomic E-state index is 0.192. The van der Waals surface area contributed by atoms with Crippen LogP contribution in [0.4, 0.5) is 4.39 Å². The van der Waals surface area contributed by atoms with E-state index in [-0.39, 0.29) is 4.90 Å². The summed E-state index contributed by atoms with van der Waals surface area (Å²) in [5, 5.41) is 9.93. The quantitative estimate of drug-likeness (QED) is 0.877. The number of benzene rings is 2. The van der Waals surface area contributed by atoms with E-state index in [1.165, 1.54) is 12.1 Å².